The highest BCUT2D eigenvalue weighted by atomic mass is 35.5. The summed E-state index contributed by atoms with van der Waals surface area (Å²) in [6, 6.07) is 35.2. The molecule has 2 fully saturated rings. The number of aromatic nitrogens is 4. The summed E-state index contributed by atoms with van der Waals surface area (Å²) < 4.78 is 71.0. The minimum absolute atomic E-state index is 0.0349. The zero-order chi connectivity index (χ0) is 44.1. The number of halogens is 1. The van der Waals surface area contributed by atoms with Gasteiger partial charge < -0.3 is 24.6 Å². The average molecular weight is 905 g/mol. The van der Waals surface area contributed by atoms with E-state index in [0.29, 0.717) is 36.0 Å². The van der Waals surface area contributed by atoms with Crippen LogP contribution in [0.2, 0.25) is 5.02 Å². The number of sulfonamides is 1. The fourth-order valence-corrected chi connectivity index (χ4v) is 8.45. The van der Waals surface area contributed by atoms with Gasteiger partial charge in [0, 0.05) is 81.2 Å². The highest BCUT2D eigenvalue weighted by Gasteiger charge is 2.28. The molecule has 16 nitrogen and oxygen atoms in total. The van der Waals surface area contributed by atoms with E-state index in [4.69, 9.17) is 25.6 Å². The Morgan fingerprint density at radius 1 is 0.694 bits per heavy atom. The molecule has 2 aliphatic heterocycles. The van der Waals surface area contributed by atoms with Gasteiger partial charge in [0.15, 0.2) is 5.03 Å². The van der Waals surface area contributed by atoms with Gasteiger partial charge in [-0.15, -0.1) is 0 Å². The van der Waals surface area contributed by atoms with Crippen LogP contribution >= 0.6 is 11.6 Å². The van der Waals surface area contributed by atoms with E-state index in [1.54, 1.807) is 20.3 Å². The molecule has 2 N–H and O–H groups in total. The second-order valence-corrected chi connectivity index (χ2v) is 17.8. The molecular formula is C43H49ClN8O8S2. The van der Waals surface area contributed by atoms with Crippen LogP contribution in [0.1, 0.15) is 21.5 Å². The number of aryl methyl sites for hydroxylation is 2. The lowest BCUT2D eigenvalue weighted by atomic mass is 10.1. The van der Waals surface area contributed by atoms with Crippen LogP contribution in [0.5, 0.6) is 0 Å². The summed E-state index contributed by atoms with van der Waals surface area (Å²) >= 11 is 5.86. The van der Waals surface area contributed by atoms with Crippen LogP contribution in [0.3, 0.4) is 0 Å². The molecule has 2 aliphatic rings. The van der Waals surface area contributed by atoms with Gasteiger partial charge in [0.25, 0.3) is 15.9 Å². The minimum atomic E-state index is -4.11. The zero-order valence-electron chi connectivity index (χ0n) is 34.3. The summed E-state index contributed by atoms with van der Waals surface area (Å²) in [6.07, 6.45) is 3.07. The highest BCUT2D eigenvalue weighted by molar-refractivity contribution is 7.92. The molecule has 0 aliphatic carbocycles. The van der Waals surface area contributed by atoms with Crippen LogP contribution < -0.4 is 19.4 Å². The van der Waals surface area contributed by atoms with Gasteiger partial charge in [0.1, 0.15) is 0 Å². The number of hydrogen-bond acceptors (Lipinski definition) is 11. The number of amides is 1. The lowest BCUT2D eigenvalue weighted by Crippen LogP contribution is -2.36. The molecular weight excluding hydrogens is 856 g/mol. The van der Waals surface area contributed by atoms with Gasteiger partial charge in [-0.2, -0.15) is 27.0 Å². The van der Waals surface area contributed by atoms with Crippen LogP contribution in [-0.2, 0) is 56.8 Å². The van der Waals surface area contributed by atoms with Gasteiger partial charge in [-0.1, -0.05) is 66.2 Å². The predicted octanol–water partition coefficient (Wildman–Crippen LogP) is 5.43. The number of carbonyl (C=O) groups excluding carboxylic acids is 1. The first-order chi connectivity index (χ1) is 29.8. The summed E-state index contributed by atoms with van der Waals surface area (Å²) in [7, 11) is -4.66. The molecule has 6 aromatic rings. The summed E-state index contributed by atoms with van der Waals surface area (Å²) in [6.45, 7) is 6.80. The molecule has 19 heteroatoms. The molecule has 0 spiro atoms. The Kier molecular flexibility index (Phi) is 15.8. The number of benzene rings is 4. The molecule has 0 unspecified atom stereocenters. The van der Waals surface area contributed by atoms with Crippen molar-refractivity contribution in [3.8, 4) is 0 Å². The maximum atomic E-state index is 13.5. The Labute approximate surface area is 367 Å². The van der Waals surface area contributed by atoms with E-state index in [-0.39, 0.29) is 22.5 Å². The van der Waals surface area contributed by atoms with E-state index in [9.17, 15) is 21.6 Å². The molecule has 2 saturated heterocycles. The van der Waals surface area contributed by atoms with Gasteiger partial charge in [0.2, 0.25) is 5.03 Å². The number of rotatable bonds is 11. The van der Waals surface area contributed by atoms with E-state index in [1.165, 1.54) is 32.0 Å². The normalized spacial score (nSPS) is 14.2. The molecule has 2 aromatic heterocycles. The van der Waals surface area contributed by atoms with Crippen LogP contribution in [0.15, 0.2) is 138 Å². The summed E-state index contributed by atoms with van der Waals surface area (Å²) in [5.41, 5.74) is 5.26. The number of nitrogens with zero attached hydrogens (tertiary/aromatic N) is 7. The fraction of sp³-hybridized carbons (Fsp3) is 0.279. The first-order valence-electron chi connectivity index (χ1n) is 19.7. The number of anilines is 3. The SMILES string of the molecule is Cn1ccc(S(=O)(=O)N(Cc2ccccc2)c2cccc(N3CCOCC3)c2)n1.Cn1ccc(S(=O)(=O)O)n1.O=C(NCc1ccc(Cl)cc1)c1cccc(N2CCOCC2)c1. The Bertz CT molecular complexity index is 2600. The van der Waals surface area contributed by atoms with Gasteiger partial charge in [0.05, 0.1) is 38.7 Å². The summed E-state index contributed by atoms with van der Waals surface area (Å²) in [4.78, 5) is 16.8. The lowest BCUT2D eigenvalue weighted by Gasteiger charge is -2.30. The first-order valence-corrected chi connectivity index (χ1v) is 22.9. The molecule has 0 bridgehead atoms. The smallest absolute Gasteiger partial charge is 0.313 e. The van der Waals surface area contributed by atoms with E-state index in [2.05, 4.69) is 25.3 Å². The average Bonchev–Trinajstić information content (AvgIpc) is 3.95. The van der Waals surface area contributed by atoms with Crippen LogP contribution in [-0.4, -0.2) is 99.5 Å². The van der Waals surface area contributed by atoms with Crippen LogP contribution in [0.4, 0.5) is 17.1 Å². The van der Waals surface area contributed by atoms with Crippen molar-refractivity contribution in [2.24, 2.45) is 14.1 Å². The number of carbonyl (C=O) groups is 1. The molecule has 0 saturated carbocycles. The molecule has 4 aromatic carbocycles. The Morgan fingerprint density at radius 2 is 1.24 bits per heavy atom. The van der Waals surface area contributed by atoms with Gasteiger partial charge in [-0.3, -0.25) is 23.0 Å². The second-order valence-electron chi connectivity index (χ2n) is 14.2. The van der Waals surface area contributed by atoms with Crippen LogP contribution in [0.25, 0.3) is 0 Å². The van der Waals surface area contributed by atoms with Crippen molar-refractivity contribution < 1.29 is 35.7 Å². The van der Waals surface area contributed by atoms with Crippen molar-refractivity contribution in [1.29, 1.82) is 0 Å². The fourth-order valence-electron chi connectivity index (χ4n) is 6.46. The molecule has 0 radical (unpaired) electrons. The molecule has 62 heavy (non-hydrogen) atoms. The maximum Gasteiger partial charge on any atom is 0.313 e. The number of nitrogens with one attached hydrogen (secondary N) is 1. The summed E-state index contributed by atoms with van der Waals surface area (Å²) in [5.74, 6) is -0.0740. The standard InChI is InChI=1S/C21H24N4O3S.C18H19ClN2O2.C4H6N2O3S/c1-23-11-10-21(22-23)29(26,27)25(17-18-6-3-2-4-7-18)20-9-5-8-19(16-20)24-12-14-28-15-13-24;19-16-6-4-14(5-7-16)13-20-18(22)15-2-1-3-17(12-15)21-8-10-23-11-9-21;1-6-3-2-4(5-6)10(7,8)9/h2-11,16H,12-15,17H2,1H3;1-7,12H,8-11,13H2,(H,20,22);2-3H,1H3,(H,7,8,9). The molecule has 4 heterocycles. The third-order valence-corrected chi connectivity index (χ3v) is 12.4. The van der Waals surface area contributed by atoms with Crippen molar-refractivity contribution in [2.75, 3.05) is 66.7 Å². The second kappa shape index (κ2) is 21.4. The maximum absolute atomic E-state index is 13.5. The van der Waals surface area contributed by atoms with E-state index in [1.807, 2.05) is 103 Å². The van der Waals surface area contributed by atoms with Crippen molar-refractivity contribution >= 4 is 54.7 Å². The van der Waals surface area contributed by atoms with E-state index >= 15 is 0 Å². The van der Waals surface area contributed by atoms with Crippen molar-refractivity contribution in [2.45, 2.75) is 23.1 Å². The topological polar surface area (TPSA) is 181 Å². The van der Waals surface area contributed by atoms with Gasteiger partial charge in [-0.25, -0.2) is 0 Å². The minimum Gasteiger partial charge on any atom is -0.378 e. The van der Waals surface area contributed by atoms with Crippen LogP contribution in [0, 0.1) is 0 Å². The largest absolute Gasteiger partial charge is 0.378 e. The number of ether oxygens (including phenoxy) is 2. The third-order valence-electron chi connectivity index (χ3n) is 9.71. The summed E-state index contributed by atoms with van der Waals surface area (Å²) in [5, 5.41) is 10.9. The number of morpholine rings is 2. The molecule has 0 atom stereocenters. The van der Waals surface area contributed by atoms with E-state index in [0.717, 1.165) is 61.9 Å². The first kappa shape index (κ1) is 45.8. The van der Waals surface area contributed by atoms with Crippen molar-refractivity contribution in [1.82, 2.24) is 24.9 Å². The Hall–Kier alpha value is -5.76. The quantitative estimate of drug-likeness (QED) is 0.158. The molecule has 328 valence electrons. The monoisotopic (exact) mass is 904 g/mol. The van der Waals surface area contributed by atoms with Gasteiger partial charge in [-0.05, 0) is 71.8 Å². The zero-order valence-corrected chi connectivity index (χ0v) is 36.7. The highest BCUT2D eigenvalue weighted by Crippen LogP contribution is 2.29. The predicted molar refractivity (Wildman–Crippen MR) is 238 cm³/mol. The van der Waals surface area contributed by atoms with Gasteiger partial charge >= 0.3 is 10.1 Å². The van der Waals surface area contributed by atoms with Crippen molar-refractivity contribution in [3.05, 3.63) is 149 Å². The number of hydrogen-bond donors (Lipinski definition) is 2. The Morgan fingerprint density at radius 3 is 1.77 bits per heavy atom. The molecule has 8 rings (SSSR count). The lowest BCUT2D eigenvalue weighted by molar-refractivity contribution is 0.0950. The van der Waals surface area contributed by atoms with Crippen molar-refractivity contribution in [3.63, 3.8) is 0 Å². The third kappa shape index (κ3) is 12.9. The molecule has 1 amide bonds. The van der Waals surface area contributed by atoms with E-state index < -0.39 is 20.1 Å². The Balaban J connectivity index is 0.000000173.